The lowest BCUT2D eigenvalue weighted by Gasteiger charge is -2.62. The Morgan fingerprint density at radius 3 is 2.43 bits per heavy atom. The highest BCUT2D eigenvalue weighted by Gasteiger charge is 2.64. The number of aromatic hydroxyl groups is 3. The molecule has 0 radical (unpaired) electrons. The Balaban J connectivity index is 0.964. The number of ether oxygens (including phenoxy) is 2. The van der Waals surface area contributed by atoms with E-state index in [9.17, 15) is 30.6 Å². The minimum atomic E-state index is -1.79. The number of phenols is 3. The summed E-state index contributed by atoms with van der Waals surface area (Å²) < 4.78 is 13.2. The van der Waals surface area contributed by atoms with Crippen molar-refractivity contribution in [3.8, 4) is 28.7 Å². The summed E-state index contributed by atoms with van der Waals surface area (Å²) in [4.78, 5) is 21.4. The van der Waals surface area contributed by atoms with Gasteiger partial charge in [-0.05, 0) is 217 Å². The molecule has 508 valence electrons. The van der Waals surface area contributed by atoms with Gasteiger partial charge >= 0.3 is 0 Å². The van der Waals surface area contributed by atoms with Crippen LogP contribution in [0.4, 0.5) is 0 Å². The summed E-state index contributed by atoms with van der Waals surface area (Å²) in [5.74, 6) is 0.260. The fraction of sp³-hybridized carbons (Fsp3) is 0.494. The number of benzene rings is 6. The minimum absolute atomic E-state index is 0.00550. The van der Waals surface area contributed by atoms with Crippen LogP contribution in [0.3, 0.4) is 0 Å². The third-order valence-electron chi connectivity index (χ3n) is 23.9. The Kier molecular flexibility index (Phi) is 20.2. The zero-order chi connectivity index (χ0) is 66.5. The van der Waals surface area contributed by atoms with Gasteiger partial charge in [-0.1, -0.05) is 162 Å². The standard InChI is InChI=1S/C81H96N2O9S4/c1-5-52-21-22-53-15-9-17-62-72(44-84)96-95-46-58-39-73(88)81(66-47-94-93-45-56-14-6-7-18-70(56)92-71-38-55(66)24-25-67(71)85,78(90)75(58)76(89)57(35-51-28-33-82-43-51)37-54-23-26-68(86)77(91-4)64(54)42-63(52)74(53)62)60-40-65-61(69(87)41-60)27-31-79-29-11-32-83-80(65,79)30-10-16-59(79)36-50-13-8-12-49(34-50)20-19-48(2)3/h8-9,12-13,15,17,21-28,31,33-34,38,40-41,43,48,56-59,66,70,72-73,75-76,82-89H,5-7,10-11,14,16,18-20,29-30,32,35-37,39,42,44-47H2,1-4H3. The maximum absolute atomic E-state index is 18.2. The van der Waals surface area contributed by atoms with Crippen LogP contribution >= 0.6 is 43.2 Å². The van der Waals surface area contributed by atoms with E-state index in [-0.39, 0.29) is 59.4 Å². The number of H-pyrrole nitrogens is 1. The highest BCUT2D eigenvalue weighted by Crippen LogP contribution is 2.65. The van der Waals surface area contributed by atoms with Gasteiger partial charge in [-0.25, -0.2) is 0 Å². The van der Waals surface area contributed by atoms with Crippen LogP contribution in [0.15, 0.2) is 122 Å². The van der Waals surface area contributed by atoms with Crippen molar-refractivity contribution >= 4 is 65.8 Å². The number of fused-ring (bicyclic) bond motifs is 6. The molecule has 7 aromatic rings. The lowest BCUT2D eigenvalue weighted by Crippen LogP contribution is -2.65. The van der Waals surface area contributed by atoms with Crippen LogP contribution in [0.2, 0.25) is 0 Å². The van der Waals surface area contributed by atoms with Crippen LogP contribution < -0.4 is 14.8 Å². The predicted molar refractivity (Wildman–Crippen MR) is 394 cm³/mol. The number of Topliss-reactive ketones (excluding diaryl/α,β-unsaturated/α-hetero) is 1. The second kappa shape index (κ2) is 28.6. The number of rotatable bonds is 12. The number of phenolic OH excluding ortho intramolecular Hbond substituents is 3. The van der Waals surface area contributed by atoms with E-state index in [0.29, 0.717) is 53.7 Å². The Labute approximate surface area is 583 Å². The summed E-state index contributed by atoms with van der Waals surface area (Å²) in [5, 5.41) is 83.1. The fourth-order valence-electron chi connectivity index (χ4n) is 19.1. The Bertz CT molecular complexity index is 3980. The first kappa shape index (κ1) is 67.7. The lowest BCUT2D eigenvalue weighted by atomic mass is 9.47. The van der Waals surface area contributed by atoms with E-state index in [1.165, 1.54) is 11.1 Å². The van der Waals surface area contributed by atoms with Crippen LogP contribution in [0, 0.1) is 40.9 Å². The molecule has 14 rings (SSSR count). The number of piperidine rings is 1. The van der Waals surface area contributed by atoms with Crippen molar-refractivity contribution in [2.45, 2.75) is 170 Å². The number of aliphatic hydroxyl groups excluding tert-OH is 3. The number of nitrogens with one attached hydrogen (secondary N) is 2. The average Bonchev–Trinajstić information content (AvgIpc) is 0.748. The fourth-order valence-corrected chi connectivity index (χ4v) is 24.9. The molecule has 4 fully saturated rings. The molecule has 15 heteroatoms. The molecule has 1 saturated heterocycles. The molecule has 1 aromatic heterocycles. The largest absolute Gasteiger partial charge is 0.507 e. The van der Waals surface area contributed by atoms with Crippen molar-refractivity contribution in [1.29, 1.82) is 0 Å². The summed E-state index contributed by atoms with van der Waals surface area (Å²) in [6, 6.07) is 35.1. The molecule has 3 saturated carbocycles. The number of methoxy groups -OCH3 is 1. The molecule has 4 heterocycles. The van der Waals surface area contributed by atoms with Crippen molar-refractivity contribution in [1.82, 2.24) is 10.3 Å². The van der Waals surface area contributed by atoms with Gasteiger partial charge in [-0.15, -0.1) is 0 Å². The first-order valence-electron chi connectivity index (χ1n) is 35.6. The van der Waals surface area contributed by atoms with Crippen LogP contribution in [0.1, 0.15) is 169 Å². The Hall–Kier alpha value is -5.49. The van der Waals surface area contributed by atoms with Gasteiger partial charge in [0.15, 0.2) is 28.8 Å². The number of aromatic nitrogens is 1. The van der Waals surface area contributed by atoms with Crippen LogP contribution in [0.25, 0.3) is 16.8 Å². The molecular weight excluding hydrogens is 1270 g/mol. The smallest absolute Gasteiger partial charge is 0.164 e. The zero-order valence-electron chi connectivity index (χ0n) is 56.1. The molecule has 2 bridgehead atoms. The third kappa shape index (κ3) is 12.3. The summed E-state index contributed by atoms with van der Waals surface area (Å²) in [6.45, 7) is 7.37. The highest BCUT2D eigenvalue weighted by molar-refractivity contribution is 8.77. The molecule has 13 atom stereocenters. The van der Waals surface area contributed by atoms with Crippen molar-refractivity contribution < 1.29 is 44.9 Å². The highest BCUT2D eigenvalue weighted by atomic mass is 33.1. The van der Waals surface area contributed by atoms with Crippen LogP contribution in [-0.4, -0.2) is 97.2 Å². The zero-order valence-corrected chi connectivity index (χ0v) is 59.3. The first-order chi connectivity index (χ1) is 46.7. The van der Waals surface area contributed by atoms with Crippen LogP contribution in [-0.2, 0) is 54.3 Å². The van der Waals surface area contributed by atoms with Gasteiger partial charge in [0.05, 0.1) is 42.1 Å². The van der Waals surface area contributed by atoms with Crippen molar-refractivity contribution in [2.24, 2.45) is 40.9 Å². The number of carbonyl (C=O) groups excluding carboxylic acids is 1. The number of aromatic amines is 1. The van der Waals surface area contributed by atoms with E-state index in [2.05, 4.69) is 104 Å². The van der Waals surface area contributed by atoms with E-state index in [1.807, 2.05) is 36.7 Å². The molecule has 0 amide bonds. The van der Waals surface area contributed by atoms with Gasteiger partial charge in [-0.2, -0.15) is 0 Å². The summed E-state index contributed by atoms with van der Waals surface area (Å²) >= 11 is 0. The van der Waals surface area contributed by atoms with Gasteiger partial charge in [0, 0.05) is 70.4 Å². The molecule has 3 aliphatic heterocycles. The molecule has 96 heavy (non-hydrogen) atoms. The molecule has 4 aliphatic carbocycles. The lowest BCUT2D eigenvalue weighted by molar-refractivity contribution is -0.150. The molecule has 8 N–H and O–H groups in total. The second-order valence-electron chi connectivity index (χ2n) is 29.5. The Morgan fingerprint density at radius 1 is 0.781 bits per heavy atom. The average molecular weight is 1370 g/mol. The topological polar surface area (TPSA) is 185 Å². The third-order valence-corrected chi connectivity index (χ3v) is 29.3. The maximum Gasteiger partial charge on any atom is 0.164 e. The molecular formula is C81H96N2O9S4. The van der Waals surface area contributed by atoms with E-state index in [4.69, 9.17) is 9.47 Å². The second-order valence-corrected chi connectivity index (χ2v) is 34.7. The molecule has 7 aliphatic rings. The van der Waals surface area contributed by atoms with Crippen molar-refractivity contribution in [2.75, 3.05) is 37.5 Å². The quantitative estimate of drug-likeness (QED) is 0.0541. The minimum Gasteiger partial charge on any atom is -0.507 e. The molecule has 11 nitrogen and oxygen atoms in total. The number of ketones is 1. The number of aliphatic hydroxyl groups is 3. The monoisotopic (exact) mass is 1370 g/mol. The SMILES string of the molecule is CCc1ccc2cccc3c2c1Cc1c(ccc(O)c1OC)CC(Cc1cc[nH]c1)C(O)C1C(=O)C(c2cc(O)c4c(c2)C25CCCC(Cc6cccc(CCC(C)C)c6)C2(C=C4)CCCN5)(C2CSSCC4CCCCC4Oc4cc2ccc4O)C(O)CC1CSSC3CO. The van der Waals surface area contributed by atoms with Crippen LogP contribution in [0.5, 0.6) is 28.7 Å². The maximum atomic E-state index is 18.2. The van der Waals surface area contributed by atoms with Gasteiger partial charge in [0.25, 0.3) is 0 Å². The number of carbonyl (C=O) groups is 1. The number of hydrogen-bond acceptors (Lipinski definition) is 14. The van der Waals surface area contributed by atoms with E-state index >= 15 is 4.79 Å². The number of hydrogen-bond donors (Lipinski definition) is 8. The first-order valence-corrected chi connectivity index (χ1v) is 40.5. The van der Waals surface area contributed by atoms with E-state index < -0.39 is 52.1 Å². The molecule has 13 unspecified atom stereocenters. The Morgan fingerprint density at radius 2 is 1.60 bits per heavy atom. The van der Waals surface area contributed by atoms with Crippen molar-refractivity contribution in [3.05, 3.63) is 188 Å². The summed E-state index contributed by atoms with van der Waals surface area (Å²) in [7, 11) is 8.25. The number of aryl methyl sites for hydroxylation is 2. The van der Waals surface area contributed by atoms with Crippen molar-refractivity contribution in [3.63, 3.8) is 0 Å². The van der Waals surface area contributed by atoms with Gasteiger partial charge in [0.1, 0.15) is 11.9 Å². The van der Waals surface area contributed by atoms with Gasteiger partial charge < -0.3 is 50.4 Å². The van der Waals surface area contributed by atoms with E-state index in [1.54, 1.807) is 68.5 Å². The van der Waals surface area contributed by atoms with Gasteiger partial charge in [-0.3, -0.25) is 4.79 Å². The van der Waals surface area contributed by atoms with E-state index in [0.717, 1.165) is 157 Å². The van der Waals surface area contributed by atoms with Gasteiger partial charge in [0.2, 0.25) is 0 Å². The molecule has 0 spiro atoms. The summed E-state index contributed by atoms with van der Waals surface area (Å²) in [6.07, 6.45) is 19.6. The predicted octanol–water partition coefficient (Wildman–Crippen LogP) is 16.5. The summed E-state index contributed by atoms with van der Waals surface area (Å²) in [5.41, 5.74) is 8.78. The molecule has 6 aromatic carbocycles. The normalized spacial score (nSPS) is 30.0.